The first kappa shape index (κ1) is 11.9. The molecule has 0 aromatic heterocycles. The number of carbonyl (C=O) groups excluding carboxylic acids is 1. The third-order valence-corrected chi connectivity index (χ3v) is 1.93. The number of aliphatic hydroxyl groups excluding tert-OH is 2. The van der Waals surface area contributed by atoms with Crippen LogP contribution in [0.4, 0.5) is 0 Å². The first-order valence-corrected chi connectivity index (χ1v) is 4.04. The predicted octanol–water partition coefficient (Wildman–Crippen LogP) is -0.850. The van der Waals surface area contributed by atoms with Gasteiger partial charge in [0.05, 0.1) is 24.8 Å². The highest BCUT2D eigenvalue weighted by molar-refractivity contribution is 5.78. The Morgan fingerprint density at radius 3 is 2.38 bits per heavy atom. The SMILES string of the molecule is CCC(CO)(CO)NC(=O)CC#N. The van der Waals surface area contributed by atoms with Crippen LogP contribution in [0.15, 0.2) is 0 Å². The van der Waals surface area contributed by atoms with Crippen LogP contribution in [0.3, 0.4) is 0 Å². The minimum absolute atomic E-state index is 0.262. The molecule has 3 N–H and O–H groups in total. The van der Waals surface area contributed by atoms with E-state index in [0.717, 1.165) is 0 Å². The van der Waals surface area contributed by atoms with Crippen molar-refractivity contribution in [1.82, 2.24) is 5.32 Å². The minimum atomic E-state index is -0.992. The molecule has 0 aliphatic carbocycles. The lowest BCUT2D eigenvalue weighted by molar-refractivity contribution is -0.123. The van der Waals surface area contributed by atoms with Gasteiger partial charge in [-0.1, -0.05) is 6.92 Å². The summed E-state index contributed by atoms with van der Waals surface area (Å²) in [6.45, 7) is 1.06. The van der Waals surface area contributed by atoms with Crippen molar-refractivity contribution < 1.29 is 15.0 Å². The lowest BCUT2D eigenvalue weighted by Crippen LogP contribution is -2.53. The molecule has 13 heavy (non-hydrogen) atoms. The Labute approximate surface area is 77.0 Å². The van der Waals surface area contributed by atoms with Crippen LogP contribution in [0.1, 0.15) is 19.8 Å². The number of hydrogen-bond donors (Lipinski definition) is 3. The molecule has 0 atom stereocenters. The summed E-state index contributed by atoms with van der Waals surface area (Å²) in [4.78, 5) is 11.0. The summed E-state index contributed by atoms with van der Waals surface area (Å²) in [6.07, 6.45) is 0.152. The van der Waals surface area contributed by atoms with E-state index in [9.17, 15) is 4.79 Å². The van der Waals surface area contributed by atoms with Gasteiger partial charge in [-0.3, -0.25) is 4.79 Å². The monoisotopic (exact) mass is 186 g/mol. The second kappa shape index (κ2) is 5.51. The molecule has 0 saturated carbocycles. The second-order valence-electron chi connectivity index (χ2n) is 2.83. The smallest absolute Gasteiger partial charge is 0.234 e. The predicted molar refractivity (Wildman–Crippen MR) is 45.6 cm³/mol. The molecule has 0 spiro atoms. The van der Waals surface area contributed by atoms with E-state index in [4.69, 9.17) is 15.5 Å². The highest BCUT2D eigenvalue weighted by Gasteiger charge is 2.28. The number of nitriles is 1. The number of nitrogens with one attached hydrogen (secondary N) is 1. The largest absolute Gasteiger partial charge is 0.394 e. The zero-order valence-electron chi connectivity index (χ0n) is 7.58. The maximum atomic E-state index is 11.0. The summed E-state index contributed by atoms with van der Waals surface area (Å²) in [7, 11) is 0. The molecule has 74 valence electrons. The Morgan fingerprint density at radius 1 is 1.54 bits per heavy atom. The van der Waals surface area contributed by atoms with E-state index in [0.29, 0.717) is 6.42 Å². The quantitative estimate of drug-likeness (QED) is 0.521. The summed E-state index contributed by atoms with van der Waals surface area (Å²) < 4.78 is 0. The van der Waals surface area contributed by atoms with Gasteiger partial charge in [0.1, 0.15) is 6.42 Å². The van der Waals surface area contributed by atoms with E-state index in [1.54, 1.807) is 13.0 Å². The summed E-state index contributed by atoms with van der Waals surface area (Å²) in [5.74, 6) is -0.479. The molecule has 0 aliphatic rings. The number of nitrogens with zero attached hydrogens (tertiary/aromatic N) is 1. The van der Waals surface area contributed by atoms with Crippen molar-refractivity contribution in [2.24, 2.45) is 0 Å². The lowest BCUT2D eigenvalue weighted by Gasteiger charge is -2.29. The van der Waals surface area contributed by atoms with Crippen molar-refractivity contribution in [3.05, 3.63) is 0 Å². The fourth-order valence-corrected chi connectivity index (χ4v) is 0.853. The first-order chi connectivity index (χ1) is 6.14. The zero-order chi connectivity index (χ0) is 10.3. The lowest BCUT2D eigenvalue weighted by atomic mass is 9.98. The number of hydrogen-bond acceptors (Lipinski definition) is 4. The van der Waals surface area contributed by atoms with Crippen molar-refractivity contribution >= 4 is 5.91 Å². The van der Waals surface area contributed by atoms with E-state index in [1.807, 2.05) is 0 Å². The number of carbonyl (C=O) groups is 1. The van der Waals surface area contributed by atoms with Gasteiger partial charge in [0.2, 0.25) is 5.91 Å². The molecule has 0 fully saturated rings. The van der Waals surface area contributed by atoms with Crippen molar-refractivity contribution in [2.75, 3.05) is 13.2 Å². The van der Waals surface area contributed by atoms with Gasteiger partial charge in [-0.25, -0.2) is 0 Å². The van der Waals surface area contributed by atoms with Crippen LogP contribution in [0, 0.1) is 11.3 Å². The van der Waals surface area contributed by atoms with E-state index in [-0.39, 0.29) is 19.6 Å². The van der Waals surface area contributed by atoms with Gasteiger partial charge < -0.3 is 15.5 Å². The Hall–Kier alpha value is -1.12. The minimum Gasteiger partial charge on any atom is -0.394 e. The molecule has 5 nitrogen and oxygen atoms in total. The molecule has 5 heteroatoms. The van der Waals surface area contributed by atoms with Crippen molar-refractivity contribution in [3.8, 4) is 6.07 Å². The molecule has 0 bridgehead atoms. The molecule has 0 heterocycles. The van der Waals surface area contributed by atoms with Crippen molar-refractivity contribution in [1.29, 1.82) is 5.26 Å². The van der Waals surface area contributed by atoms with Crippen LogP contribution in [-0.4, -0.2) is 34.9 Å². The molecule has 0 rings (SSSR count). The number of amides is 1. The second-order valence-corrected chi connectivity index (χ2v) is 2.83. The summed E-state index contributed by atoms with van der Waals surface area (Å²) >= 11 is 0. The van der Waals surface area contributed by atoms with E-state index < -0.39 is 11.4 Å². The normalized spacial score (nSPS) is 10.6. The van der Waals surface area contributed by atoms with Gasteiger partial charge in [0, 0.05) is 0 Å². The Bertz CT molecular complexity index is 198. The zero-order valence-corrected chi connectivity index (χ0v) is 7.58. The van der Waals surface area contributed by atoms with Crippen LogP contribution in [0.25, 0.3) is 0 Å². The van der Waals surface area contributed by atoms with Gasteiger partial charge >= 0.3 is 0 Å². The van der Waals surface area contributed by atoms with Gasteiger partial charge in [-0.2, -0.15) is 5.26 Å². The van der Waals surface area contributed by atoms with Crippen molar-refractivity contribution in [3.63, 3.8) is 0 Å². The average molecular weight is 186 g/mol. The summed E-state index contributed by atoms with van der Waals surface area (Å²) in [6, 6.07) is 1.69. The van der Waals surface area contributed by atoms with E-state index >= 15 is 0 Å². The molecule has 1 amide bonds. The molecule has 0 unspecified atom stereocenters. The highest BCUT2D eigenvalue weighted by atomic mass is 16.3. The fraction of sp³-hybridized carbons (Fsp3) is 0.750. The number of aliphatic hydroxyl groups is 2. The fourth-order valence-electron chi connectivity index (χ4n) is 0.853. The van der Waals surface area contributed by atoms with Gasteiger partial charge in [0.25, 0.3) is 0 Å². The van der Waals surface area contributed by atoms with Gasteiger partial charge in [-0.05, 0) is 6.42 Å². The Kier molecular flexibility index (Phi) is 5.04. The molecule has 0 saturated heterocycles. The molecule has 0 radical (unpaired) electrons. The van der Waals surface area contributed by atoms with Gasteiger partial charge in [-0.15, -0.1) is 0 Å². The molecular formula is C8H14N2O3. The summed E-state index contributed by atoms with van der Waals surface area (Å²) in [5.41, 5.74) is -0.992. The number of rotatable bonds is 5. The molecule has 0 aliphatic heterocycles. The molecular weight excluding hydrogens is 172 g/mol. The van der Waals surface area contributed by atoms with E-state index in [2.05, 4.69) is 5.32 Å². The molecule has 0 aromatic rings. The third-order valence-electron chi connectivity index (χ3n) is 1.93. The third kappa shape index (κ3) is 3.40. The first-order valence-electron chi connectivity index (χ1n) is 4.04. The van der Waals surface area contributed by atoms with Crippen LogP contribution >= 0.6 is 0 Å². The van der Waals surface area contributed by atoms with Crippen LogP contribution < -0.4 is 5.32 Å². The van der Waals surface area contributed by atoms with Crippen LogP contribution in [-0.2, 0) is 4.79 Å². The topological polar surface area (TPSA) is 93.3 Å². The van der Waals surface area contributed by atoms with E-state index in [1.165, 1.54) is 0 Å². The average Bonchev–Trinajstić information content (AvgIpc) is 2.15. The summed E-state index contributed by atoms with van der Waals surface area (Å²) in [5, 5.41) is 28.5. The Balaban J connectivity index is 4.26. The highest BCUT2D eigenvalue weighted by Crippen LogP contribution is 2.08. The van der Waals surface area contributed by atoms with Crippen LogP contribution in [0.5, 0.6) is 0 Å². The van der Waals surface area contributed by atoms with Crippen LogP contribution in [0.2, 0.25) is 0 Å². The Morgan fingerprint density at radius 2 is 2.08 bits per heavy atom. The maximum absolute atomic E-state index is 11.0. The maximum Gasteiger partial charge on any atom is 0.234 e. The van der Waals surface area contributed by atoms with Crippen molar-refractivity contribution in [2.45, 2.75) is 25.3 Å². The standard InChI is InChI=1S/C8H14N2O3/c1-2-8(5-11,6-12)10-7(13)3-4-9/h11-12H,2-3,5-6H2,1H3,(H,10,13). The molecule has 0 aromatic carbocycles. The van der Waals surface area contributed by atoms with Gasteiger partial charge in [0.15, 0.2) is 0 Å².